The van der Waals surface area contributed by atoms with Crippen LogP contribution in [0.2, 0.25) is 5.15 Å². The van der Waals surface area contributed by atoms with Crippen molar-refractivity contribution < 1.29 is 9.84 Å². The molecule has 19 heavy (non-hydrogen) atoms. The Bertz CT molecular complexity index is 536. The van der Waals surface area contributed by atoms with E-state index in [1.165, 1.54) is 6.20 Å². The van der Waals surface area contributed by atoms with E-state index in [1.807, 2.05) is 30.3 Å². The zero-order valence-corrected chi connectivity index (χ0v) is 12.4. The summed E-state index contributed by atoms with van der Waals surface area (Å²) in [6.45, 7) is 0.213. The number of hydrogen-bond donors (Lipinski definition) is 1. The number of aliphatic hydroxyl groups is 1. The Labute approximate surface area is 125 Å². The van der Waals surface area contributed by atoms with E-state index in [-0.39, 0.29) is 6.61 Å². The highest BCUT2D eigenvalue weighted by Gasteiger charge is 2.08. The van der Waals surface area contributed by atoms with Crippen molar-refractivity contribution in [3.8, 4) is 5.75 Å². The maximum Gasteiger partial charge on any atom is 0.143 e. The van der Waals surface area contributed by atoms with Crippen LogP contribution in [0.5, 0.6) is 5.75 Å². The third-order valence-electron chi connectivity index (χ3n) is 2.53. The molecule has 0 spiro atoms. The van der Waals surface area contributed by atoms with Gasteiger partial charge in [-0.2, -0.15) is 0 Å². The average Bonchev–Trinajstić information content (AvgIpc) is 2.41. The Balaban J connectivity index is 1.86. The number of aliphatic hydroxyl groups excluding tert-OH is 1. The van der Waals surface area contributed by atoms with Crippen molar-refractivity contribution in [1.29, 1.82) is 0 Å². The van der Waals surface area contributed by atoms with E-state index in [2.05, 4.69) is 20.9 Å². The minimum absolute atomic E-state index is 0.213. The third-order valence-corrected chi connectivity index (χ3v) is 3.66. The molecule has 100 valence electrons. The summed E-state index contributed by atoms with van der Waals surface area (Å²) in [5, 5.41) is 10.3. The van der Waals surface area contributed by atoms with Crippen molar-refractivity contribution in [1.82, 2.24) is 4.98 Å². The molecule has 0 saturated heterocycles. The molecule has 3 nitrogen and oxygen atoms in total. The topological polar surface area (TPSA) is 42.4 Å². The van der Waals surface area contributed by atoms with Crippen LogP contribution in [0.1, 0.15) is 5.56 Å². The van der Waals surface area contributed by atoms with Crippen molar-refractivity contribution in [2.24, 2.45) is 0 Å². The molecular formula is C14H13BrClNO2. The van der Waals surface area contributed by atoms with E-state index in [1.54, 1.807) is 6.07 Å². The molecule has 0 aliphatic carbocycles. The van der Waals surface area contributed by atoms with E-state index in [9.17, 15) is 5.11 Å². The number of nitrogens with zero attached hydrogens (tertiary/aromatic N) is 1. The lowest BCUT2D eigenvalue weighted by molar-refractivity contribution is 0.107. The lowest BCUT2D eigenvalue weighted by atomic mass is 10.1. The molecule has 2 rings (SSSR count). The highest BCUT2D eigenvalue weighted by atomic mass is 79.9. The number of pyridine rings is 1. The summed E-state index contributed by atoms with van der Waals surface area (Å²) in [6, 6.07) is 11.5. The van der Waals surface area contributed by atoms with Crippen molar-refractivity contribution in [2.45, 2.75) is 12.5 Å². The molecule has 5 heteroatoms. The lowest BCUT2D eigenvalue weighted by Gasteiger charge is -2.12. The largest absolute Gasteiger partial charge is 0.489 e. The van der Waals surface area contributed by atoms with Crippen LogP contribution >= 0.6 is 27.5 Å². The van der Waals surface area contributed by atoms with Gasteiger partial charge in [-0.3, -0.25) is 0 Å². The van der Waals surface area contributed by atoms with Gasteiger partial charge in [-0.05, 0) is 27.6 Å². The Morgan fingerprint density at radius 1 is 1.32 bits per heavy atom. The standard InChI is InChI=1S/C14H13BrClNO2/c15-13-7-12(8-17-14(13)16)19-9-11(18)6-10-4-2-1-3-5-10/h1-5,7-8,11,18H,6,9H2/t11-/m0/s1. The average molecular weight is 343 g/mol. The molecule has 0 fully saturated rings. The van der Waals surface area contributed by atoms with Crippen LogP contribution in [0.4, 0.5) is 0 Å². The summed E-state index contributed by atoms with van der Waals surface area (Å²) in [5.74, 6) is 0.573. The Morgan fingerprint density at radius 2 is 2.05 bits per heavy atom. The molecule has 1 N–H and O–H groups in total. The second kappa shape index (κ2) is 6.89. The third kappa shape index (κ3) is 4.49. The van der Waals surface area contributed by atoms with Gasteiger partial charge in [-0.1, -0.05) is 41.9 Å². The van der Waals surface area contributed by atoms with Crippen LogP contribution < -0.4 is 4.74 Å². The summed E-state index contributed by atoms with van der Waals surface area (Å²) >= 11 is 9.06. The second-order valence-corrected chi connectivity index (χ2v) is 5.31. The molecule has 1 aromatic heterocycles. The monoisotopic (exact) mass is 341 g/mol. The minimum atomic E-state index is -0.558. The van der Waals surface area contributed by atoms with Gasteiger partial charge in [0.1, 0.15) is 17.5 Å². The van der Waals surface area contributed by atoms with Gasteiger partial charge in [0, 0.05) is 6.42 Å². The van der Waals surface area contributed by atoms with Gasteiger partial charge < -0.3 is 9.84 Å². The van der Waals surface area contributed by atoms with Crippen LogP contribution in [0.15, 0.2) is 47.1 Å². The van der Waals surface area contributed by atoms with Gasteiger partial charge in [0.25, 0.3) is 0 Å². The Hall–Kier alpha value is -1.10. The smallest absolute Gasteiger partial charge is 0.143 e. The quantitative estimate of drug-likeness (QED) is 0.846. The number of ether oxygens (including phenoxy) is 1. The molecule has 0 saturated carbocycles. The zero-order valence-electron chi connectivity index (χ0n) is 10.1. The Morgan fingerprint density at radius 3 is 2.74 bits per heavy atom. The molecular weight excluding hydrogens is 330 g/mol. The first-order chi connectivity index (χ1) is 9.15. The summed E-state index contributed by atoms with van der Waals surface area (Å²) in [5.41, 5.74) is 1.08. The molecule has 0 bridgehead atoms. The first-order valence-corrected chi connectivity index (χ1v) is 6.98. The number of aromatic nitrogens is 1. The van der Waals surface area contributed by atoms with Gasteiger partial charge in [0.15, 0.2) is 0 Å². The summed E-state index contributed by atoms with van der Waals surface area (Å²) < 4.78 is 6.15. The Kier molecular flexibility index (Phi) is 5.19. The van der Waals surface area contributed by atoms with Crippen LogP contribution in [0.25, 0.3) is 0 Å². The fraction of sp³-hybridized carbons (Fsp3) is 0.214. The molecule has 0 unspecified atom stereocenters. The summed E-state index contributed by atoms with van der Waals surface area (Å²) in [7, 11) is 0. The van der Waals surface area contributed by atoms with Gasteiger partial charge >= 0.3 is 0 Å². The van der Waals surface area contributed by atoms with E-state index in [4.69, 9.17) is 16.3 Å². The van der Waals surface area contributed by atoms with Crippen LogP contribution in [0, 0.1) is 0 Å². The molecule has 0 aliphatic heterocycles. The van der Waals surface area contributed by atoms with Crippen LogP contribution in [-0.4, -0.2) is 22.8 Å². The number of hydrogen-bond acceptors (Lipinski definition) is 3. The van der Waals surface area contributed by atoms with Crippen molar-refractivity contribution in [3.63, 3.8) is 0 Å². The first-order valence-electron chi connectivity index (χ1n) is 5.81. The maximum absolute atomic E-state index is 9.90. The lowest BCUT2D eigenvalue weighted by Crippen LogP contribution is -2.20. The fourth-order valence-corrected chi connectivity index (χ4v) is 2.05. The molecule has 0 aliphatic rings. The van der Waals surface area contributed by atoms with Crippen LogP contribution in [0.3, 0.4) is 0 Å². The first kappa shape index (κ1) is 14.3. The minimum Gasteiger partial charge on any atom is -0.489 e. The molecule has 1 atom stereocenters. The maximum atomic E-state index is 9.90. The highest BCUT2D eigenvalue weighted by molar-refractivity contribution is 9.10. The predicted molar refractivity (Wildman–Crippen MR) is 78.6 cm³/mol. The number of benzene rings is 1. The second-order valence-electron chi connectivity index (χ2n) is 4.10. The van der Waals surface area contributed by atoms with Gasteiger partial charge in [-0.15, -0.1) is 0 Å². The van der Waals surface area contributed by atoms with E-state index >= 15 is 0 Å². The highest BCUT2D eigenvalue weighted by Crippen LogP contribution is 2.24. The summed E-state index contributed by atoms with van der Waals surface area (Å²) in [4.78, 5) is 3.95. The number of halogens is 2. The van der Waals surface area contributed by atoms with Gasteiger partial charge in [0.2, 0.25) is 0 Å². The predicted octanol–water partition coefficient (Wildman–Crippen LogP) is 3.48. The van der Waals surface area contributed by atoms with Gasteiger partial charge in [0.05, 0.1) is 16.8 Å². The number of rotatable bonds is 5. The van der Waals surface area contributed by atoms with Gasteiger partial charge in [-0.25, -0.2) is 4.98 Å². The summed E-state index contributed by atoms with van der Waals surface area (Å²) in [6.07, 6.45) is 1.53. The van der Waals surface area contributed by atoms with E-state index < -0.39 is 6.10 Å². The molecule has 1 heterocycles. The van der Waals surface area contributed by atoms with Crippen molar-refractivity contribution in [2.75, 3.05) is 6.61 Å². The molecule has 0 amide bonds. The van der Waals surface area contributed by atoms with E-state index in [0.29, 0.717) is 21.8 Å². The van der Waals surface area contributed by atoms with Crippen molar-refractivity contribution >= 4 is 27.5 Å². The fourth-order valence-electron chi connectivity index (χ4n) is 1.62. The van der Waals surface area contributed by atoms with E-state index in [0.717, 1.165) is 5.56 Å². The SMILES string of the molecule is O[C@H](COc1cnc(Cl)c(Br)c1)Cc1ccccc1. The zero-order chi connectivity index (χ0) is 13.7. The molecule has 2 aromatic rings. The van der Waals surface area contributed by atoms with Crippen LogP contribution in [-0.2, 0) is 6.42 Å². The molecule has 0 radical (unpaired) electrons. The normalized spacial score (nSPS) is 12.2. The van der Waals surface area contributed by atoms with Crippen molar-refractivity contribution in [3.05, 3.63) is 57.8 Å². The molecule has 1 aromatic carbocycles.